The van der Waals surface area contributed by atoms with Crippen LogP contribution in [-0.4, -0.2) is 36.1 Å². The molecule has 0 saturated heterocycles. The average molecular weight is 359 g/mol. The highest BCUT2D eigenvalue weighted by Crippen LogP contribution is 2.50. The van der Waals surface area contributed by atoms with Crippen LogP contribution in [0.15, 0.2) is 24.3 Å². The van der Waals surface area contributed by atoms with Gasteiger partial charge in [-0.1, -0.05) is 12.1 Å². The van der Waals surface area contributed by atoms with Crippen molar-refractivity contribution >= 4 is 11.7 Å². The van der Waals surface area contributed by atoms with Gasteiger partial charge in [-0.05, 0) is 26.0 Å². The molecule has 1 aromatic rings. The first-order valence-corrected chi connectivity index (χ1v) is 6.74. The number of aliphatic hydroxyl groups is 1. The number of benzene rings is 1. The lowest BCUT2D eigenvalue weighted by Gasteiger charge is -2.32. The summed E-state index contributed by atoms with van der Waals surface area (Å²) in [6, 6.07) is 1.91. The summed E-state index contributed by atoms with van der Waals surface area (Å²) in [5, 5.41) is 11.8. The Morgan fingerprint density at radius 3 is 1.96 bits per heavy atom. The lowest BCUT2D eigenvalue weighted by Crippen LogP contribution is -2.53. The van der Waals surface area contributed by atoms with Gasteiger partial charge in [0.15, 0.2) is 0 Å². The molecule has 0 spiro atoms. The first kappa shape index (κ1) is 20.1. The number of anilines is 1. The van der Waals surface area contributed by atoms with E-state index in [-0.39, 0.29) is 12.3 Å². The van der Waals surface area contributed by atoms with E-state index < -0.39 is 35.5 Å². The minimum absolute atomic E-state index is 0.0889. The Kier molecular flexibility index (Phi) is 5.75. The van der Waals surface area contributed by atoms with E-state index in [4.69, 9.17) is 4.74 Å². The molecule has 10 heteroatoms. The number of hydrogen-bond acceptors (Lipinski definition) is 4. The van der Waals surface area contributed by atoms with E-state index in [2.05, 4.69) is 5.32 Å². The summed E-state index contributed by atoms with van der Waals surface area (Å²) in [5.41, 5.74) is -6.27. The van der Waals surface area contributed by atoms with Crippen molar-refractivity contribution in [1.29, 1.82) is 0 Å². The number of carbonyl (C=O) groups excluding carboxylic acids is 1. The van der Waals surface area contributed by atoms with Crippen LogP contribution in [0.5, 0.6) is 0 Å². The van der Waals surface area contributed by atoms with Gasteiger partial charge >= 0.3 is 18.3 Å². The third-order valence-electron chi connectivity index (χ3n) is 3.15. The molecule has 1 atom stereocenters. The van der Waals surface area contributed by atoms with Crippen LogP contribution >= 0.6 is 0 Å². The van der Waals surface area contributed by atoms with Crippen molar-refractivity contribution in [3.05, 3.63) is 29.8 Å². The topological polar surface area (TPSA) is 58.6 Å². The fourth-order valence-electron chi connectivity index (χ4n) is 1.87. The molecule has 0 aliphatic carbocycles. The first-order valence-electron chi connectivity index (χ1n) is 6.74. The highest BCUT2D eigenvalue weighted by atomic mass is 19.4. The molecular weight excluding hydrogens is 344 g/mol. The molecule has 0 aromatic heterocycles. The smallest absolute Gasteiger partial charge is 0.430 e. The van der Waals surface area contributed by atoms with Crippen molar-refractivity contribution in [3.63, 3.8) is 0 Å². The second-order valence-corrected chi connectivity index (χ2v) is 4.90. The number of hydrogen-bond donors (Lipinski definition) is 2. The Morgan fingerprint density at radius 1 is 1.12 bits per heavy atom. The Hall–Kier alpha value is -1.97. The molecule has 0 amide bonds. The van der Waals surface area contributed by atoms with Crippen LogP contribution < -0.4 is 5.32 Å². The minimum Gasteiger partial charge on any atom is -0.464 e. The summed E-state index contributed by atoms with van der Waals surface area (Å²) in [5.74, 6) is -0.635. The molecule has 0 bridgehead atoms. The van der Waals surface area contributed by atoms with E-state index in [0.29, 0.717) is 12.1 Å². The van der Waals surface area contributed by atoms with E-state index in [1.165, 1.54) is 6.92 Å². The largest absolute Gasteiger partial charge is 0.464 e. The number of esters is 1. The molecule has 1 aromatic carbocycles. The SMILES string of the molecule is CCOC(=O)C(C)Nc1ccc(C(O)(C(F)(F)F)C(F)(F)F)cc1. The van der Waals surface area contributed by atoms with Crippen molar-refractivity contribution in [3.8, 4) is 0 Å². The zero-order chi connectivity index (χ0) is 18.8. The molecule has 0 saturated carbocycles. The molecule has 0 aliphatic rings. The Balaban J connectivity index is 3.07. The van der Waals surface area contributed by atoms with Crippen LogP contribution in [-0.2, 0) is 15.1 Å². The molecule has 24 heavy (non-hydrogen) atoms. The Bertz CT molecular complexity index is 553. The number of carbonyl (C=O) groups is 1. The maximum atomic E-state index is 12.7. The van der Waals surface area contributed by atoms with E-state index in [1.54, 1.807) is 6.92 Å². The second kappa shape index (κ2) is 6.88. The lowest BCUT2D eigenvalue weighted by molar-refractivity contribution is -0.376. The molecule has 1 unspecified atom stereocenters. The fraction of sp³-hybridized carbons (Fsp3) is 0.500. The van der Waals surface area contributed by atoms with Gasteiger partial charge in [0.2, 0.25) is 0 Å². The molecule has 0 heterocycles. The van der Waals surface area contributed by atoms with E-state index >= 15 is 0 Å². The molecule has 136 valence electrons. The minimum atomic E-state index is -5.95. The normalized spacial score (nSPS) is 14.2. The zero-order valence-corrected chi connectivity index (χ0v) is 12.6. The van der Waals surface area contributed by atoms with Gasteiger partial charge in [0, 0.05) is 11.3 Å². The molecule has 1 rings (SSSR count). The van der Waals surface area contributed by atoms with Gasteiger partial charge < -0.3 is 15.2 Å². The van der Waals surface area contributed by atoms with Gasteiger partial charge in [0.1, 0.15) is 6.04 Å². The van der Waals surface area contributed by atoms with E-state index in [1.807, 2.05) is 0 Å². The zero-order valence-electron chi connectivity index (χ0n) is 12.6. The predicted octanol–water partition coefficient (Wildman–Crippen LogP) is 3.36. The standard InChI is InChI=1S/C14H15F6NO3/c1-3-24-11(22)8(2)21-10-6-4-9(5-7-10)12(23,13(15,16)17)14(18,19)20/h4-8,21,23H,3H2,1-2H3. The number of alkyl halides is 6. The van der Waals surface area contributed by atoms with Crippen molar-refractivity contribution in [1.82, 2.24) is 0 Å². The molecule has 0 aliphatic heterocycles. The fourth-order valence-corrected chi connectivity index (χ4v) is 1.87. The van der Waals surface area contributed by atoms with E-state index in [9.17, 15) is 36.2 Å². The predicted molar refractivity (Wildman–Crippen MR) is 72.2 cm³/mol. The maximum absolute atomic E-state index is 12.7. The van der Waals surface area contributed by atoms with Gasteiger partial charge in [0.25, 0.3) is 5.60 Å². The molecule has 0 radical (unpaired) electrons. The maximum Gasteiger partial charge on any atom is 0.430 e. The Labute approximate surface area is 133 Å². The second-order valence-electron chi connectivity index (χ2n) is 4.90. The molecule has 0 fully saturated rings. The van der Waals surface area contributed by atoms with Crippen LogP contribution in [0.2, 0.25) is 0 Å². The summed E-state index contributed by atoms with van der Waals surface area (Å²) in [6.45, 7) is 3.11. The van der Waals surface area contributed by atoms with E-state index in [0.717, 1.165) is 12.1 Å². The highest BCUT2D eigenvalue weighted by molar-refractivity contribution is 5.78. The quantitative estimate of drug-likeness (QED) is 0.625. The lowest BCUT2D eigenvalue weighted by atomic mass is 9.92. The Morgan fingerprint density at radius 2 is 1.58 bits per heavy atom. The molecule has 2 N–H and O–H groups in total. The van der Waals surface area contributed by atoms with Crippen LogP contribution in [0, 0.1) is 0 Å². The van der Waals surface area contributed by atoms with Crippen LogP contribution in [0.1, 0.15) is 19.4 Å². The van der Waals surface area contributed by atoms with Crippen molar-refractivity contribution < 1.29 is 41.0 Å². The number of rotatable bonds is 5. The summed E-state index contributed by atoms with van der Waals surface area (Å²) >= 11 is 0. The summed E-state index contributed by atoms with van der Waals surface area (Å²) < 4.78 is 81.1. The highest BCUT2D eigenvalue weighted by Gasteiger charge is 2.71. The number of ether oxygens (including phenoxy) is 1. The number of nitrogens with one attached hydrogen (secondary N) is 1. The third-order valence-corrected chi connectivity index (χ3v) is 3.15. The van der Waals surface area contributed by atoms with Crippen molar-refractivity contribution in [2.45, 2.75) is 37.8 Å². The monoisotopic (exact) mass is 359 g/mol. The van der Waals surface area contributed by atoms with Crippen molar-refractivity contribution in [2.75, 3.05) is 11.9 Å². The average Bonchev–Trinajstić information content (AvgIpc) is 2.45. The van der Waals surface area contributed by atoms with Crippen LogP contribution in [0.25, 0.3) is 0 Å². The summed E-state index contributed by atoms with van der Waals surface area (Å²) in [6.07, 6.45) is -11.9. The van der Waals surface area contributed by atoms with Gasteiger partial charge in [-0.25, -0.2) is 4.79 Å². The van der Waals surface area contributed by atoms with Gasteiger partial charge in [-0.2, -0.15) is 26.3 Å². The number of halogens is 6. The molecular formula is C14H15F6NO3. The van der Waals surface area contributed by atoms with Crippen LogP contribution in [0.4, 0.5) is 32.0 Å². The summed E-state index contributed by atoms with van der Waals surface area (Å²) in [7, 11) is 0. The first-order chi connectivity index (χ1) is 10.8. The summed E-state index contributed by atoms with van der Waals surface area (Å²) in [4.78, 5) is 11.4. The van der Waals surface area contributed by atoms with Crippen LogP contribution in [0.3, 0.4) is 0 Å². The van der Waals surface area contributed by atoms with Gasteiger partial charge in [-0.3, -0.25) is 0 Å². The van der Waals surface area contributed by atoms with Crippen molar-refractivity contribution in [2.24, 2.45) is 0 Å². The van der Waals surface area contributed by atoms with Gasteiger partial charge in [-0.15, -0.1) is 0 Å². The third kappa shape index (κ3) is 3.92. The van der Waals surface area contributed by atoms with Gasteiger partial charge in [0.05, 0.1) is 6.61 Å². The molecule has 4 nitrogen and oxygen atoms in total.